The van der Waals surface area contributed by atoms with Gasteiger partial charge in [-0.25, -0.2) is 19.2 Å². The van der Waals surface area contributed by atoms with Gasteiger partial charge in [0.2, 0.25) is 5.91 Å². The number of carbonyl (C=O) groups excluding carboxylic acids is 4. The zero-order valence-corrected chi connectivity index (χ0v) is 34.7. The van der Waals surface area contributed by atoms with Crippen LogP contribution in [-0.2, 0) is 27.1 Å². The Kier molecular flexibility index (Phi) is 12.5. The van der Waals surface area contributed by atoms with Gasteiger partial charge >= 0.3 is 23.9 Å². The van der Waals surface area contributed by atoms with Crippen molar-refractivity contribution < 1.29 is 28.7 Å². The molecule has 1 aromatic heterocycles. The Morgan fingerprint density at radius 2 is 1.55 bits per heavy atom. The molecule has 3 aliphatic rings. The number of ether oxygens (including phenoxy) is 2. The second-order valence-electron chi connectivity index (χ2n) is 18.0. The second kappa shape index (κ2) is 16.4. The number of hydrogen-bond acceptors (Lipinski definition) is 9. The van der Waals surface area contributed by atoms with Crippen molar-refractivity contribution in [3.05, 3.63) is 52.1 Å². The molecular weight excluding hydrogens is 716 g/mol. The van der Waals surface area contributed by atoms with Crippen molar-refractivity contribution in [3.8, 4) is 5.69 Å². The van der Waals surface area contributed by atoms with E-state index in [-0.39, 0.29) is 43.3 Å². The summed E-state index contributed by atoms with van der Waals surface area (Å²) in [6, 6.07) is 8.10. The van der Waals surface area contributed by atoms with Crippen LogP contribution in [0.4, 0.5) is 20.2 Å². The van der Waals surface area contributed by atoms with Crippen LogP contribution in [0.25, 0.3) is 5.69 Å². The zero-order valence-electron chi connectivity index (χ0n) is 34.7. The first-order valence-electron chi connectivity index (χ1n) is 19.9. The Hall–Kier alpha value is -4.66. The summed E-state index contributed by atoms with van der Waals surface area (Å²) in [5, 5.41) is 5.37. The molecule has 0 radical (unpaired) electrons. The van der Waals surface area contributed by atoms with E-state index in [2.05, 4.69) is 60.3 Å². The van der Waals surface area contributed by atoms with Crippen molar-refractivity contribution in [2.75, 3.05) is 38.0 Å². The molecule has 0 bridgehead atoms. The molecule has 5 amide bonds. The number of amides is 5. The first-order valence-corrected chi connectivity index (χ1v) is 19.9. The van der Waals surface area contributed by atoms with E-state index in [0.29, 0.717) is 12.1 Å². The smallest absolute Gasteiger partial charge is 0.408 e. The number of fused-ring (bicyclic) bond motifs is 1. The molecule has 1 unspecified atom stereocenters. The van der Waals surface area contributed by atoms with Gasteiger partial charge in [-0.15, -0.1) is 0 Å². The minimum Gasteiger partial charge on any atom is -0.444 e. The summed E-state index contributed by atoms with van der Waals surface area (Å²) in [6.07, 6.45) is 6.51. The molecular formula is C41H62N8O7. The summed E-state index contributed by atoms with van der Waals surface area (Å²) >= 11 is 0. The summed E-state index contributed by atoms with van der Waals surface area (Å²) in [6.45, 7) is 19.1. The largest absolute Gasteiger partial charge is 0.444 e. The molecule has 1 aromatic carbocycles. The summed E-state index contributed by atoms with van der Waals surface area (Å²) in [4.78, 5) is 73.6. The molecule has 1 saturated heterocycles. The number of alkyl carbamates (subject to hydrolysis) is 1. The van der Waals surface area contributed by atoms with Gasteiger partial charge in [0.05, 0.1) is 5.69 Å². The Labute approximate surface area is 330 Å². The lowest BCUT2D eigenvalue weighted by Crippen LogP contribution is -2.60. The summed E-state index contributed by atoms with van der Waals surface area (Å²) < 4.78 is 12.6. The van der Waals surface area contributed by atoms with Gasteiger partial charge in [-0.3, -0.25) is 19.6 Å². The quantitative estimate of drug-likeness (QED) is 0.324. The molecule has 2 aliphatic carbocycles. The third kappa shape index (κ3) is 9.82. The van der Waals surface area contributed by atoms with Crippen LogP contribution in [0.5, 0.6) is 0 Å². The van der Waals surface area contributed by atoms with Crippen molar-refractivity contribution in [1.29, 1.82) is 0 Å². The predicted octanol–water partition coefficient (Wildman–Crippen LogP) is 5.21. The van der Waals surface area contributed by atoms with Gasteiger partial charge in [0.1, 0.15) is 22.6 Å². The highest BCUT2D eigenvalue weighted by molar-refractivity contribution is 5.90. The predicted molar refractivity (Wildman–Crippen MR) is 214 cm³/mol. The maximum absolute atomic E-state index is 13.2. The van der Waals surface area contributed by atoms with Crippen molar-refractivity contribution in [3.63, 3.8) is 0 Å². The molecule has 5 rings (SSSR count). The van der Waals surface area contributed by atoms with Crippen LogP contribution < -0.4 is 22.1 Å². The van der Waals surface area contributed by atoms with E-state index in [9.17, 15) is 24.0 Å². The van der Waals surface area contributed by atoms with E-state index in [1.54, 1.807) is 56.7 Å². The summed E-state index contributed by atoms with van der Waals surface area (Å²) in [5.74, 6) is -0.137. The maximum Gasteiger partial charge on any atom is 0.408 e. The SMILES string of the molecule is CCN(C1CCC(OC(N)=O)(C(C)(C)C)CC1)C1CCc2cc(-n3ccc(NC(=O)N4CCN(C(=O)C(C)(C)NC(=O)OC(C)(C)C)CC4)nc3=O)ccc2C1. The zero-order chi connectivity index (χ0) is 41.2. The first kappa shape index (κ1) is 42.5. The average Bonchev–Trinajstić information content (AvgIpc) is 3.10. The van der Waals surface area contributed by atoms with Gasteiger partial charge in [-0.2, -0.15) is 4.98 Å². The van der Waals surface area contributed by atoms with E-state index < -0.39 is 40.6 Å². The van der Waals surface area contributed by atoms with Crippen LogP contribution >= 0.6 is 0 Å². The fourth-order valence-corrected chi connectivity index (χ4v) is 8.55. The molecule has 15 heteroatoms. The fraction of sp³-hybridized carbons (Fsp3) is 0.659. The minimum absolute atomic E-state index is 0.140. The van der Waals surface area contributed by atoms with E-state index in [4.69, 9.17) is 15.2 Å². The number of piperazine rings is 1. The standard InChI is InChI=1S/C41H62N8O7/c1-10-48(29-15-18-41(19-16-29,38(2,3)4)55-34(42)51)30-13-11-28-26-31(14-12-27(28)25-30)49-20-17-32(44-36(49)53)43-35(52)47-23-21-46(22-24-47)33(50)40(8,9)45-37(54)56-39(5,6)7/h12,14,17,20,26,29-30H,10-11,13,15-16,18-19,21-25H2,1-9H3,(H2,42,51)(H,45,54)(H,43,44,52,53). The van der Waals surface area contributed by atoms with Gasteiger partial charge in [0.25, 0.3) is 0 Å². The first-order chi connectivity index (χ1) is 26.1. The highest BCUT2D eigenvalue weighted by atomic mass is 16.6. The summed E-state index contributed by atoms with van der Waals surface area (Å²) in [5.41, 5.74) is 5.55. The molecule has 2 heterocycles. The second-order valence-corrected chi connectivity index (χ2v) is 18.0. The third-order valence-electron chi connectivity index (χ3n) is 11.6. The lowest BCUT2D eigenvalue weighted by molar-refractivity contribution is -0.138. The molecule has 15 nitrogen and oxygen atoms in total. The Balaban J connectivity index is 1.15. The number of nitrogens with one attached hydrogen (secondary N) is 2. The molecule has 2 aromatic rings. The molecule has 1 atom stereocenters. The number of rotatable bonds is 8. The number of primary amides is 1. The van der Waals surface area contributed by atoms with E-state index in [0.717, 1.165) is 57.2 Å². The lowest BCUT2D eigenvalue weighted by Gasteiger charge is -2.50. The van der Waals surface area contributed by atoms with Gasteiger partial charge in [0.15, 0.2) is 0 Å². The number of nitrogens with zero attached hydrogens (tertiary/aromatic N) is 5. The third-order valence-corrected chi connectivity index (χ3v) is 11.6. The van der Waals surface area contributed by atoms with Crippen molar-refractivity contribution in [2.24, 2.45) is 11.1 Å². The molecule has 1 aliphatic heterocycles. The number of hydrogen-bond donors (Lipinski definition) is 3. The van der Waals surface area contributed by atoms with Crippen molar-refractivity contribution >= 4 is 29.9 Å². The molecule has 1 saturated carbocycles. The Morgan fingerprint density at radius 1 is 0.911 bits per heavy atom. The number of carbonyl (C=O) groups is 4. The van der Waals surface area contributed by atoms with E-state index >= 15 is 0 Å². The molecule has 4 N–H and O–H groups in total. The average molecular weight is 779 g/mol. The fourth-order valence-electron chi connectivity index (χ4n) is 8.55. The number of likely N-dealkylation sites (N-methyl/N-ethyl adjacent to an activating group) is 1. The summed E-state index contributed by atoms with van der Waals surface area (Å²) in [7, 11) is 0. The van der Waals surface area contributed by atoms with Crippen molar-refractivity contribution in [1.82, 2.24) is 29.6 Å². The van der Waals surface area contributed by atoms with Gasteiger partial charge in [-0.05, 0) is 115 Å². The highest BCUT2D eigenvalue weighted by Gasteiger charge is 2.49. The van der Waals surface area contributed by atoms with Crippen LogP contribution in [0.2, 0.25) is 0 Å². The maximum atomic E-state index is 13.2. The number of urea groups is 1. The molecule has 0 spiro atoms. The minimum atomic E-state index is -1.19. The van der Waals surface area contributed by atoms with Gasteiger partial charge in [0, 0.05) is 49.9 Å². The topological polar surface area (TPSA) is 181 Å². The molecule has 2 fully saturated rings. The number of aryl methyl sites for hydroxylation is 1. The number of benzene rings is 1. The highest BCUT2D eigenvalue weighted by Crippen LogP contribution is 2.46. The van der Waals surface area contributed by atoms with Crippen LogP contribution in [0.3, 0.4) is 0 Å². The monoisotopic (exact) mass is 778 g/mol. The van der Waals surface area contributed by atoms with Gasteiger partial charge in [-0.1, -0.05) is 33.8 Å². The van der Waals surface area contributed by atoms with Crippen molar-refractivity contribution in [2.45, 2.75) is 136 Å². The number of nitrogens with two attached hydrogens (primary N) is 1. The van der Waals surface area contributed by atoms with Crippen LogP contribution in [0.1, 0.15) is 106 Å². The molecule has 56 heavy (non-hydrogen) atoms. The van der Waals surface area contributed by atoms with Gasteiger partial charge < -0.3 is 30.3 Å². The Bertz CT molecular complexity index is 1830. The Morgan fingerprint density at radius 3 is 2.12 bits per heavy atom. The van der Waals surface area contributed by atoms with Crippen LogP contribution in [-0.4, -0.2) is 110 Å². The lowest BCUT2D eigenvalue weighted by atomic mass is 9.66. The van der Waals surface area contributed by atoms with Crippen LogP contribution in [0, 0.1) is 5.41 Å². The normalized spacial score (nSPS) is 21.9. The number of aromatic nitrogens is 2. The van der Waals surface area contributed by atoms with Crippen LogP contribution in [0.15, 0.2) is 35.3 Å². The molecule has 308 valence electrons. The van der Waals surface area contributed by atoms with E-state index in [1.807, 2.05) is 6.07 Å². The van der Waals surface area contributed by atoms with E-state index in [1.165, 1.54) is 15.7 Å². The number of anilines is 1.